The maximum absolute atomic E-state index is 14.3. The number of hydrogen-bond acceptors (Lipinski definition) is 5. The summed E-state index contributed by atoms with van der Waals surface area (Å²) in [5.41, 5.74) is 1.35. The summed E-state index contributed by atoms with van der Waals surface area (Å²) < 4.78 is 24.8. The first-order valence-corrected chi connectivity index (χ1v) is 10.4. The van der Waals surface area contributed by atoms with Crippen molar-refractivity contribution in [3.8, 4) is 11.5 Å². The second-order valence-corrected chi connectivity index (χ2v) is 7.67. The van der Waals surface area contributed by atoms with Crippen LogP contribution < -0.4 is 14.8 Å². The molecule has 0 radical (unpaired) electrons. The summed E-state index contributed by atoms with van der Waals surface area (Å²) in [7, 11) is 3.02. The average molecular weight is 467 g/mol. The number of anilines is 1. The maximum atomic E-state index is 14.3. The second kappa shape index (κ2) is 9.34. The Hall–Kier alpha value is -3.84. The van der Waals surface area contributed by atoms with E-state index in [-0.39, 0.29) is 23.4 Å². The molecule has 2 amide bonds. The molecule has 3 aromatic carbocycles. The third-order valence-corrected chi connectivity index (χ3v) is 5.49. The number of carbonyl (C=O) groups is 2. The van der Waals surface area contributed by atoms with Crippen molar-refractivity contribution in [3.63, 3.8) is 0 Å². The van der Waals surface area contributed by atoms with Gasteiger partial charge in [-0.25, -0.2) is 4.39 Å². The monoisotopic (exact) mass is 466 g/mol. The van der Waals surface area contributed by atoms with Crippen LogP contribution in [0.2, 0.25) is 5.02 Å². The molecule has 3 aromatic rings. The van der Waals surface area contributed by atoms with E-state index < -0.39 is 17.6 Å². The molecule has 0 atom stereocenters. The van der Waals surface area contributed by atoms with Crippen molar-refractivity contribution < 1.29 is 23.5 Å². The highest BCUT2D eigenvalue weighted by Gasteiger charge is 2.39. The minimum atomic E-state index is -0.587. The van der Waals surface area contributed by atoms with E-state index >= 15 is 0 Å². The first kappa shape index (κ1) is 22.4. The first-order chi connectivity index (χ1) is 15.9. The van der Waals surface area contributed by atoms with Crippen LogP contribution >= 0.6 is 11.6 Å². The first-order valence-electron chi connectivity index (χ1n) is 10.0. The van der Waals surface area contributed by atoms with Crippen molar-refractivity contribution in [2.45, 2.75) is 6.54 Å². The Morgan fingerprint density at radius 2 is 1.67 bits per heavy atom. The van der Waals surface area contributed by atoms with Crippen LogP contribution in [0.4, 0.5) is 10.1 Å². The number of rotatable bonds is 7. The minimum Gasteiger partial charge on any atom is -0.497 e. The van der Waals surface area contributed by atoms with Gasteiger partial charge in [0.15, 0.2) is 0 Å². The number of ether oxygens (including phenoxy) is 2. The third kappa shape index (κ3) is 4.40. The molecule has 0 aliphatic carbocycles. The normalized spacial score (nSPS) is 13.5. The number of imide groups is 1. The van der Waals surface area contributed by atoms with Crippen molar-refractivity contribution in [2.24, 2.45) is 0 Å². The molecule has 33 heavy (non-hydrogen) atoms. The Morgan fingerprint density at radius 3 is 2.33 bits per heavy atom. The molecule has 0 fully saturated rings. The predicted molar refractivity (Wildman–Crippen MR) is 123 cm³/mol. The molecule has 0 saturated heterocycles. The summed E-state index contributed by atoms with van der Waals surface area (Å²) in [5, 5.41) is 3.44. The molecular weight excluding hydrogens is 447 g/mol. The smallest absolute Gasteiger partial charge is 0.278 e. The lowest BCUT2D eigenvalue weighted by molar-refractivity contribution is -0.137. The summed E-state index contributed by atoms with van der Waals surface area (Å²) >= 11 is 6.14. The molecule has 0 saturated carbocycles. The van der Waals surface area contributed by atoms with Crippen LogP contribution in [0.5, 0.6) is 11.5 Å². The zero-order valence-electron chi connectivity index (χ0n) is 17.9. The van der Waals surface area contributed by atoms with Crippen LogP contribution in [0, 0.1) is 5.82 Å². The van der Waals surface area contributed by atoms with Crippen molar-refractivity contribution in [2.75, 3.05) is 19.5 Å². The van der Waals surface area contributed by atoms with Gasteiger partial charge in [0.2, 0.25) is 0 Å². The number of amides is 2. The Morgan fingerprint density at radius 1 is 0.939 bits per heavy atom. The molecule has 1 aliphatic heterocycles. The quantitative estimate of drug-likeness (QED) is 0.502. The van der Waals surface area contributed by atoms with Crippen LogP contribution in [0.25, 0.3) is 5.57 Å². The van der Waals surface area contributed by atoms with Gasteiger partial charge >= 0.3 is 0 Å². The van der Waals surface area contributed by atoms with E-state index in [1.165, 1.54) is 26.4 Å². The van der Waals surface area contributed by atoms with Gasteiger partial charge in [-0.1, -0.05) is 41.9 Å². The van der Waals surface area contributed by atoms with E-state index in [1.54, 1.807) is 54.6 Å². The summed E-state index contributed by atoms with van der Waals surface area (Å²) in [6.07, 6.45) is 0. The van der Waals surface area contributed by atoms with E-state index in [2.05, 4.69) is 5.32 Å². The zero-order valence-corrected chi connectivity index (χ0v) is 18.7. The molecular formula is C25H20ClFN2O4. The second-order valence-electron chi connectivity index (χ2n) is 7.24. The Labute approximate surface area is 195 Å². The van der Waals surface area contributed by atoms with Crippen molar-refractivity contribution in [3.05, 3.63) is 94.4 Å². The lowest BCUT2D eigenvalue weighted by Crippen LogP contribution is -2.32. The molecule has 1 heterocycles. The molecule has 1 aliphatic rings. The van der Waals surface area contributed by atoms with Gasteiger partial charge in [-0.3, -0.25) is 14.5 Å². The van der Waals surface area contributed by atoms with Crippen molar-refractivity contribution in [1.82, 2.24) is 4.90 Å². The molecule has 0 aromatic heterocycles. The fourth-order valence-corrected chi connectivity index (χ4v) is 3.74. The fraction of sp³-hybridized carbons (Fsp3) is 0.120. The summed E-state index contributed by atoms with van der Waals surface area (Å²) in [6.45, 7) is -0.206. The SMILES string of the molecule is COc1ccc(C2=C(Nc3cc(Cl)ccc3OC)C(=O)N(Cc3ccccc3F)C2=O)cc1. The van der Waals surface area contributed by atoms with Crippen LogP contribution in [0.1, 0.15) is 11.1 Å². The zero-order chi connectivity index (χ0) is 23.5. The average Bonchev–Trinajstić information content (AvgIpc) is 3.05. The number of nitrogens with zero attached hydrogens (tertiary/aromatic N) is 1. The molecule has 6 nitrogen and oxygen atoms in total. The molecule has 0 unspecified atom stereocenters. The van der Waals surface area contributed by atoms with E-state index in [0.717, 1.165) is 4.90 Å². The largest absolute Gasteiger partial charge is 0.497 e. The molecule has 0 bridgehead atoms. The van der Waals surface area contributed by atoms with Gasteiger partial charge in [-0.2, -0.15) is 0 Å². The third-order valence-electron chi connectivity index (χ3n) is 5.25. The van der Waals surface area contributed by atoms with Crippen molar-refractivity contribution >= 4 is 34.7 Å². The fourth-order valence-electron chi connectivity index (χ4n) is 3.57. The highest BCUT2D eigenvalue weighted by Crippen LogP contribution is 2.35. The lowest BCUT2D eigenvalue weighted by Gasteiger charge is -2.16. The minimum absolute atomic E-state index is 0.0436. The van der Waals surface area contributed by atoms with Gasteiger partial charge in [0.05, 0.1) is 32.0 Å². The maximum Gasteiger partial charge on any atom is 0.278 e. The van der Waals surface area contributed by atoms with Gasteiger partial charge in [0, 0.05) is 10.6 Å². The van der Waals surface area contributed by atoms with E-state index in [4.69, 9.17) is 21.1 Å². The van der Waals surface area contributed by atoms with Gasteiger partial charge in [-0.15, -0.1) is 0 Å². The number of benzene rings is 3. The summed E-state index contributed by atoms with van der Waals surface area (Å²) in [6, 6.07) is 17.7. The van der Waals surface area contributed by atoms with E-state index in [0.29, 0.717) is 27.8 Å². The lowest BCUT2D eigenvalue weighted by atomic mass is 10.0. The van der Waals surface area contributed by atoms with Gasteiger partial charge in [0.1, 0.15) is 23.0 Å². The molecule has 8 heteroatoms. The standard InChI is InChI=1S/C25H20ClFN2O4/c1-32-18-10-7-15(8-11-18)22-23(28-20-13-17(26)9-12-21(20)33-2)25(31)29(24(22)30)14-16-5-3-4-6-19(16)27/h3-13,28H,14H2,1-2H3. The summed E-state index contributed by atoms with van der Waals surface area (Å²) in [5.74, 6) is -0.589. The highest BCUT2D eigenvalue weighted by atomic mass is 35.5. The van der Waals surface area contributed by atoms with Crippen molar-refractivity contribution in [1.29, 1.82) is 0 Å². The van der Waals surface area contributed by atoms with E-state index in [1.807, 2.05) is 0 Å². The topological polar surface area (TPSA) is 67.9 Å². The molecule has 0 spiro atoms. The highest BCUT2D eigenvalue weighted by molar-refractivity contribution is 6.36. The van der Waals surface area contributed by atoms with Gasteiger partial charge in [0.25, 0.3) is 11.8 Å². The Balaban J connectivity index is 1.79. The number of methoxy groups -OCH3 is 2. The van der Waals surface area contributed by atoms with Crippen LogP contribution in [-0.2, 0) is 16.1 Å². The van der Waals surface area contributed by atoms with Gasteiger partial charge < -0.3 is 14.8 Å². The number of nitrogens with one attached hydrogen (secondary N) is 1. The molecule has 168 valence electrons. The van der Waals surface area contributed by atoms with Gasteiger partial charge in [-0.05, 0) is 42.0 Å². The number of halogens is 2. The van der Waals surface area contributed by atoms with Crippen LogP contribution in [0.3, 0.4) is 0 Å². The number of carbonyl (C=O) groups excluding carboxylic acids is 2. The van der Waals surface area contributed by atoms with Crippen LogP contribution in [-0.4, -0.2) is 30.9 Å². The number of hydrogen-bond donors (Lipinski definition) is 1. The molecule has 4 rings (SSSR count). The predicted octanol–water partition coefficient (Wildman–Crippen LogP) is 4.89. The van der Waals surface area contributed by atoms with Crippen LogP contribution in [0.15, 0.2) is 72.4 Å². The molecule has 1 N–H and O–H groups in total. The Bertz CT molecular complexity index is 1260. The Kier molecular flexibility index (Phi) is 6.33. The van der Waals surface area contributed by atoms with E-state index in [9.17, 15) is 14.0 Å². The summed E-state index contributed by atoms with van der Waals surface area (Å²) in [4.78, 5) is 27.8.